The number of nitrogens with one attached hydrogen (secondary N) is 1. The molecular formula is C14H10ClFN2O3. The highest BCUT2D eigenvalue weighted by molar-refractivity contribution is 6.33. The van der Waals surface area contributed by atoms with Crippen molar-refractivity contribution in [1.29, 1.82) is 0 Å². The minimum absolute atomic E-state index is 0.107. The molecule has 21 heavy (non-hydrogen) atoms. The van der Waals surface area contributed by atoms with Crippen LogP contribution >= 0.6 is 11.6 Å². The van der Waals surface area contributed by atoms with Crippen LogP contribution in [-0.4, -0.2) is 10.8 Å². The number of carbonyl (C=O) groups excluding carboxylic acids is 1. The van der Waals surface area contributed by atoms with Gasteiger partial charge >= 0.3 is 0 Å². The highest BCUT2D eigenvalue weighted by atomic mass is 35.5. The Bertz CT molecular complexity index is 734. The van der Waals surface area contributed by atoms with Crippen LogP contribution in [-0.2, 0) is 0 Å². The highest BCUT2D eigenvalue weighted by Crippen LogP contribution is 2.27. The van der Waals surface area contributed by atoms with Crippen LogP contribution < -0.4 is 5.32 Å². The van der Waals surface area contributed by atoms with Crippen LogP contribution in [0.5, 0.6) is 0 Å². The lowest BCUT2D eigenvalue weighted by Crippen LogP contribution is -2.14. The molecule has 0 bridgehead atoms. The molecule has 0 atom stereocenters. The van der Waals surface area contributed by atoms with Gasteiger partial charge in [-0.15, -0.1) is 0 Å². The maximum Gasteiger partial charge on any atom is 0.288 e. The molecule has 0 heterocycles. The van der Waals surface area contributed by atoms with E-state index in [-0.39, 0.29) is 22.0 Å². The summed E-state index contributed by atoms with van der Waals surface area (Å²) in [7, 11) is 0. The second-order valence-corrected chi connectivity index (χ2v) is 4.72. The van der Waals surface area contributed by atoms with Crippen LogP contribution in [0.25, 0.3) is 0 Å². The van der Waals surface area contributed by atoms with Gasteiger partial charge in [0, 0.05) is 11.8 Å². The number of halogens is 2. The van der Waals surface area contributed by atoms with E-state index in [0.29, 0.717) is 5.56 Å². The number of anilines is 1. The van der Waals surface area contributed by atoms with Gasteiger partial charge in [-0.05, 0) is 30.7 Å². The SMILES string of the molecule is Cc1cccc(C(=O)Nc2ccc([N+](=O)[O-])c(Cl)c2)c1F. The zero-order valence-electron chi connectivity index (χ0n) is 10.9. The van der Waals surface area contributed by atoms with Crippen molar-refractivity contribution in [3.05, 3.63) is 68.5 Å². The van der Waals surface area contributed by atoms with Gasteiger partial charge in [-0.3, -0.25) is 14.9 Å². The summed E-state index contributed by atoms with van der Waals surface area (Å²) in [5.41, 5.74) is 0.224. The fraction of sp³-hybridized carbons (Fsp3) is 0.0714. The van der Waals surface area contributed by atoms with Crippen LogP contribution in [0.4, 0.5) is 15.8 Å². The number of amides is 1. The minimum atomic E-state index is -0.652. The predicted molar refractivity (Wildman–Crippen MR) is 77.2 cm³/mol. The summed E-state index contributed by atoms with van der Waals surface area (Å²) in [6, 6.07) is 8.21. The number of nitrogens with zero attached hydrogens (tertiary/aromatic N) is 1. The molecule has 7 heteroatoms. The summed E-state index contributed by atoms with van der Waals surface area (Å²) in [5.74, 6) is -1.26. The third-order valence-corrected chi connectivity index (χ3v) is 3.14. The largest absolute Gasteiger partial charge is 0.322 e. The molecule has 0 spiro atoms. The first-order chi connectivity index (χ1) is 9.90. The number of aryl methyl sites for hydroxylation is 1. The summed E-state index contributed by atoms with van der Waals surface area (Å²) in [6.45, 7) is 1.55. The summed E-state index contributed by atoms with van der Waals surface area (Å²) < 4.78 is 13.8. The fourth-order valence-electron chi connectivity index (χ4n) is 1.75. The normalized spacial score (nSPS) is 10.2. The van der Waals surface area contributed by atoms with E-state index in [1.165, 1.54) is 24.3 Å². The van der Waals surface area contributed by atoms with Crippen molar-refractivity contribution >= 4 is 28.9 Å². The average Bonchev–Trinajstić information content (AvgIpc) is 2.41. The first-order valence-corrected chi connectivity index (χ1v) is 6.28. The van der Waals surface area contributed by atoms with Gasteiger partial charge in [0.1, 0.15) is 10.8 Å². The third-order valence-electron chi connectivity index (χ3n) is 2.84. The fourth-order valence-corrected chi connectivity index (χ4v) is 2.00. The van der Waals surface area contributed by atoms with Crippen LogP contribution in [0, 0.1) is 22.9 Å². The van der Waals surface area contributed by atoms with E-state index in [9.17, 15) is 19.3 Å². The third kappa shape index (κ3) is 3.17. The molecule has 108 valence electrons. The second-order valence-electron chi connectivity index (χ2n) is 4.31. The Morgan fingerprint density at radius 3 is 2.67 bits per heavy atom. The van der Waals surface area contributed by atoms with Crippen molar-refractivity contribution in [1.82, 2.24) is 0 Å². The number of nitro groups is 1. The Morgan fingerprint density at radius 1 is 1.33 bits per heavy atom. The van der Waals surface area contributed by atoms with Crippen molar-refractivity contribution in [2.45, 2.75) is 6.92 Å². The molecule has 0 aromatic heterocycles. The molecule has 0 radical (unpaired) electrons. The van der Waals surface area contributed by atoms with E-state index in [0.717, 1.165) is 0 Å². The van der Waals surface area contributed by atoms with E-state index in [4.69, 9.17) is 11.6 Å². The number of nitro benzene ring substituents is 1. The predicted octanol–water partition coefficient (Wildman–Crippen LogP) is 3.95. The molecule has 0 unspecified atom stereocenters. The van der Waals surface area contributed by atoms with Gasteiger partial charge in [0.05, 0.1) is 10.5 Å². The van der Waals surface area contributed by atoms with Gasteiger partial charge < -0.3 is 5.32 Å². The lowest BCUT2D eigenvalue weighted by molar-refractivity contribution is -0.384. The van der Waals surface area contributed by atoms with Gasteiger partial charge in [0.2, 0.25) is 0 Å². The molecule has 0 aliphatic carbocycles. The monoisotopic (exact) mass is 308 g/mol. The van der Waals surface area contributed by atoms with E-state index in [2.05, 4.69) is 5.32 Å². The van der Waals surface area contributed by atoms with Gasteiger partial charge in [-0.1, -0.05) is 23.7 Å². The summed E-state index contributed by atoms with van der Waals surface area (Å²) in [6.07, 6.45) is 0. The first kappa shape index (κ1) is 14.9. The van der Waals surface area contributed by atoms with E-state index >= 15 is 0 Å². The van der Waals surface area contributed by atoms with Crippen molar-refractivity contribution in [2.24, 2.45) is 0 Å². The Labute approximate surface area is 124 Å². The quantitative estimate of drug-likeness (QED) is 0.689. The smallest absolute Gasteiger partial charge is 0.288 e. The lowest BCUT2D eigenvalue weighted by Gasteiger charge is -2.08. The van der Waals surface area contributed by atoms with Gasteiger partial charge in [-0.25, -0.2) is 4.39 Å². The molecule has 2 aromatic carbocycles. The van der Waals surface area contributed by atoms with Crippen LogP contribution in [0.3, 0.4) is 0 Å². The maximum absolute atomic E-state index is 13.8. The van der Waals surface area contributed by atoms with Crippen molar-refractivity contribution in [2.75, 3.05) is 5.32 Å². The van der Waals surface area contributed by atoms with Crippen molar-refractivity contribution < 1.29 is 14.1 Å². The Kier molecular flexibility index (Phi) is 4.18. The molecule has 1 amide bonds. The average molecular weight is 309 g/mol. The Hall–Kier alpha value is -2.47. The van der Waals surface area contributed by atoms with Crippen LogP contribution in [0.1, 0.15) is 15.9 Å². The summed E-state index contributed by atoms with van der Waals surface area (Å²) in [5, 5.41) is 13.0. The van der Waals surface area contributed by atoms with Crippen LogP contribution in [0.2, 0.25) is 5.02 Å². The summed E-state index contributed by atoms with van der Waals surface area (Å²) >= 11 is 5.74. The molecule has 0 aliphatic rings. The van der Waals surface area contributed by atoms with Gasteiger partial charge in [-0.2, -0.15) is 0 Å². The number of rotatable bonds is 3. The maximum atomic E-state index is 13.8. The number of hydrogen-bond acceptors (Lipinski definition) is 3. The second kappa shape index (κ2) is 5.88. The number of carbonyl (C=O) groups is 1. The Morgan fingerprint density at radius 2 is 2.05 bits per heavy atom. The van der Waals surface area contributed by atoms with Crippen molar-refractivity contribution in [3.63, 3.8) is 0 Å². The minimum Gasteiger partial charge on any atom is -0.322 e. The molecule has 2 rings (SSSR count). The molecule has 1 N–H and O–H groups in total. The molecule has 0 fully saturated rings. The highest BCUT2D eigenvalue weighted by Gasteiger charge is 2.16. The van der Waals surface area contributed by atoms with Crippen molar-refractivity contribution in [3.8, 4) is 0 Å². The topological polar surface area (TPSA) is 72.2 Å². The molecule has 5 nitrogen and oxygen atoms in total. The zero-order valence-corrected chi connectivity index (χ0v) is 11.6. The number of benzene rings is 2. The van der Waals surface area contributed by atoms with Gasteiger partial charge in [0.15, 0.2) is 0 Å². The van der Waals surface area contributed by atoms with Crippen LogP contribution in [0.15, 0.2) is 36.4 Å². The van der Waals surface area contributed by atoms with E-state index in [1.807, 2.05) is 0 Å². The zero-order chi connectivity index (χ0) is 15.6. The first-order valence-electron chi connectivity index (χ1n) is 5.90. The molecule has 0 saturated heterocycles. The van der Waals surface area contributed by atoms with E-state index in [1.54, 1.807) is 19.1 Å². The lowest BCUT2D eigenvalue weighted by atomic mass is 10.1. The standard InChI is InChI=1S/C14H10ClFN2O3/c1-8-3-2-4-10(13(8)16)14(19)17-9-5-6-12(18(20)21)11(15)7-9/h2-7H,1H3,(H,17,19). The van der Waals surface area contributed by atoms with E-state index < -0.39 is 16.6 Å². The number of hydrogen-bond donors (Lipinski definition) is 1. The molecule has 2 aromatic rings. The molecule has 0 saturated carbocycles. The Balaban J connectivity index is 2.26. The molecule has 0 aliphatic heterocycles. The molecular weight excluding hydrogens is 299 g/mol. The summed E-state index contributed by atoms with van der Waals surface area (Å²) in [4.78, 5) is 22.0. The van der Waals surface area contributed by atoms with Gasteiger partial charge in [0.25, 0.3) is 11.6 Å².